The van der Waals surface area contributed by atoms with E-state index < -0.39 is 16.6 Å². The topological polar surface area (TPSA) is 68.9 Å². The normalized spacial score (nSPS) is 13.6. The van der Waals surface area contributed by atoms with E-state index in [0.29, 0.717) is 19.2 Å². The molecule has 0 aromatic heterocycles. The van der Waals surface area contributed by atoms with Crippen molar-refractivity contribution < 1.29 is 56.8 Å². The SMILES string of the molecule is C[S+](C)CC[C@@H](CO[Si](c1ccccc1)(c1ccccc1)C(C)(C)C)N=C(N)N[C@@H](CC[S+](C)C)CO[Si](c1ccccc1)(c1ccccc1)C(C)(C)C.I.[I-].[I-]. The average molecular weight is 1180 g/mol. The molecule has 4 aromatic carbocycles. The summed E-state index contributed by atoms with van der Waals surface area (Å²) in [6.45, 7) is 15.0. The predicted octanol–water partition coefficient (Wildman–Crippen LogP) is 0.943. The Bertz CT molecular complexity index is 1640. The molecule has 0 aliphatic carbocycles. The minimum atomic E-state index is -2.74. The molecule has 12 heteroatoms. The Balaban J connectivity index is 0.00000541. The molecule has 0 unspecified atom stereocenters. The Kier molecular flexibility index (Phi) is 24.2. The van der Waals surface area contributed by atoms with Crippen LogP contribution in [0, 0.1) is 0 Å². The quantitative estimate of drug-likeness (QED) is 0.0513. The van der Waals surface area contributed by atoms with Gasteiger partial charge in [0, 0.05) is 12.8 Å². The monoisotopic (exact) mass is 1180 g/mol. The van der Waals surface area contributed by atoms with Crippen LogP contribution in [-0.4, -0.2) is 84.4 Å². The molecule has 5 nitrogen and oxygen atoms in total. The fourth-order valence-electron chi connectivity index (χ4n) is 7.55. The lowest BCUT2D eigenvalue weighted by molar-refractivity contribution is -0.00100. The zero-order valence-corrected chi connectivity index (χ0v) is 46.0. The highest BCUT2D eigenvalue weighted by Crippen LogP contribution is 2.38. The standard InChI is InChI=1S/C45H67N3O2S2Si2.3HI/c1-44(2,3)53(39-23-15-11-16-24-39,40-25-17-12-18-26-40)49-35-37(31-33-51(7)8)47-43(46)48-38(32-34-52(9)10)36-50-54(45(4,5)6,41-27-19-13-20-28-41)42-29-21-14-22-30-42;;;/h11-30,37-38H,31-36H2,1-10H3,(H3,46,47,48);3*1H/q+2;;;/p-2/t37-,38-;;;/m0.../s1. The van der Waals surface area contributed by atoms with Gasteiger partial charge in [-0.25, -0.2) is 4.99 Å². The molecule has 0 fully saturated rings. The predicted molar refractivity (Wildman–Crippen MR) is 262 cm³/mol. The molecule has 57 heavy (non-hydrogen) atoms. The summed E-state index contributed by atoms with van der Waals surface area (Å²) in [4.78, 5) is 5.24. The smallest absolute Gasteiger partial charge is 0.261 e. The molecule has 0 aliphatic rings. The van der Waals surface area contributed by atoms with Crippen LogP contribution in [0.2, 0.25) is 10.1 Å². The lowest BCUT2D eigenvalue weighted by atomic mass is 10.2. The summed E-state index contributed by atoms with van der Waals surface area (Å²) < 4.78 is 14.8. The Morgan fingerprint density at radius 3 is 1.21 bits per heavy atom. The van der Waals surface area contributed by atoms with Crippen molar-refractivity contribution in [3.8, 4) is 0 Å². The maximum absolute atomic E-state index is 7.42. The van der Waals surface area contributed by atoms with Crippen LogP contribution in [0.3, 0.4) is 0 Å². The summed E-state index contributed by atoms with van der Waals surface area (Å²) in [5.74, 6) is 2.63. The van der Waals surface area contributed by atoms with E-state index in [2.05, 4.69) is 193 Å². The van der Waals surface area contributed by atoms with Gasteiger partial charge < -0.3 is 67.9 Å². The van der Waals surface area contributed by atoms with Crippen LogP contribution in [0.25, 0.3) is 0 Å². The molecule has 0 amide bonds. The molecule has 4 aromatic rings. The van der Waals surface area contributed by atoms with Crippen LogP contribution >= 0.6 is 24.0 Å². The van der Waals surface area contributed by atoms with Gasteiger partial charge in [-0.1, -0.05) is 163 Å². The summed E-state index contributed by atoms with van der Waals surface area (Å²) in [7, 11) is -4.91. The van der Waals surface area contributed by atoms with Crippen molar-refractivity contribution in [3.05, 3.63) is 121 Å². The maximum atomic E-state index is 7.42. The second-order valence-electron chi connectivity index (χ2n) is 16.9. The first-order valence-electron chi connectivity index (χ1n) is 19.3. The molecule has 0 saturated carbocycles. The third-order valence-corrected chi connectivity index (χ3v) is 22.3. The third kappa shape index (κ3) is 14.8. The Morgan fingerprint density at radius 1 is 0.579 bits per heavy atom. The Morgan fingerprint density at radius 2 is 0.895 bits per heavy atom. The zero-order valence-electron chi connectivity index (χ0n) is 35.8. The summed E-state index contributed by atoms with van der Waals surface area (Å²) in [6, 6.07) is 43.4. The van der Waals surface area contributed by atoms with Gasteiger partial charge in [0.25, 0.3) is 16.6 Å². The first-order chi connectivity index (χ1) is 25.6. The van der Waals surface area contributed by atoms with Crippen molar-refractivity contribution >= 4 is 89.1 Å². The largest absolute Gasteiger partial charge is 1.00 e. The van der Waals surface area contributed by atoms with Gasteiger partial charge in [-0.3, -0.25) is 0 Å². The van der Waals surface area contributed by atoms with Gasteiger partial charge >= 0.3 is 0 Å². The Labute approximate surface area is 405 Å². The van der Waals surface area contributed by atoms with Crippen molar-refractivity contribution in [2.75, 3.05) is 49.7 Å². The number of rotatable bonds is 18. The van der Waals surface area contributed by atoms with Gasteiger partial charge in [0.1, 0.15) is 11.5 Å². The van der Waals surface area contributed by atoms with Crippen molar-refractivity contribution in [2.24, 2.45) is 10.7 Å². The highest BCUT2D eigenvalue weighted by atomic mass is 127. The number of nitrogens with one attached hydrogen (secondary N) is 1. The van der Waals surface area contributed by atoms with E-state index in [-0.39, 0.29) is 116 Å². The van der Waals surface area contributed by atoms with E-state index in [1.54, 1.807) is 0 Å². The number of aliphatic imine (C=N–C) groups is 1. The molecule has 0 heterocycles. The van der Waals surface area contributed by atoms with Gasteiger partial charge in [-0.05, 0) is 52.6 Å². The summed E-state index contributed by atoms with van der Waals surface area (Å²) >= 11 is 0. The third-order valence-electron chi connectivity index (χ3n) is 10.2. The first kappa shape index (κ1) is 54.4. The molecule has 0 aliphatic heterocycles. The van der Waals surface area contributed by atoms with Crippen molar-refractivity contribution in [2.45, 2.75) is 76.5 Å². The van der Waals surface area contributed by atoms with E-state index >= 15 is 0 Å². The van der Waals surface area contributed by atoms with Gasteiger partial charge in [-0.15, -0.1) is 24.0 Å². The average Bonchev–Trinajstić information content (AvgIpc) is 3.13. The molecule has 0 radical (unpaired) electrons. The van der Waals surface area contributed by atoms with Gasteiger partial charge in [0.2, 0.25) is 0 Å². The van der Waals surface area contributed by atoms with Crippen molar-refractivity contribution in [3.63, 3.8) is 0 Å². The number of nitrogens with zero attached hydrogens (tertiary/aromatic N) is 1. The van der Waals surface area contributed by atoms with Crippen molar-refractivity contribution in [1.82, 2.24) is 5.32 Å². The minimum absolute atomic E-state index is 0. The molecule has 0 bridgehead atoms. The summed E-state index contributed by atoms with van der Waals surface area (Å²) in [5.41, 5.74) is 6.94. The van der Waals surface area contributed by atoms with E-state index in [1.165, 1.54) is 20.7 Å². The van der Waals surface area contributed by atoms with Crippen LogP contribution < -0.4 is 79.8 Å². The fourth-order valence-corrected chi connectivity index (χ4v) is 18.2. The van der Waals surface area contributed by atoms with Crippen LogP contribution in [0.5, 0.6) is 0 Å². The van der Waals surface area contributed by atoms with E-state index in [9.17, 15) is 0 Å². The number of guanidine groups is 1. The van der Waals surface area contributed by atoms with Gasteiger partial charge in [0.15, 0.2) is 5.96 Å². The second kappa shape index (κ2) is 25.4. The van der Waals surface area contributed by atoms with Crippen LogP contribution in [0.15, 0.2) is 126 Å². The molecular weight excluding hydrogens is 1120 g/mol. The highest BCUT2D eigenvalue weighted by molar-refractivity contribution is 14.0. The summed E-state index contributed by atoms with van der Waals surface area (Å²) in [6.07, 6.45) is 11.1. The molecule has 0 saturated heterocycles. The van der Waals surface area contributed by atoms with Crippen LogP contribution in [-0.2, 0) is 30.6 Å². The van der Waals surface area contributed by atoms with Gasteiger partial charge in [0.05, 0.1) is 50.3 Å². The molecule has 0 spiro atoms. The fraction of sp³-hybridized carbons (Fsp3) is 0.444. The number of hydrogen-bond acceptors (Lipinski definition) is 3. The number of benzene rings is 4. The number of hydrogen-bond donors (Lipinski definition) is 2. The highest BCUT2D eigenvalue weighted by Gasteiger charge is 2.51. The van der Waals surface area contributed by atoms with Crippen LogP contribution in [0.4, 0.5) is 0 Å². The molecular formula is C45H68I3N3O2S2Si2. The number of nitrogens with two attached hydrogens (primary N) is 1. The molecule has 316 valence electrons. The zero-order chi connectivity index (χ0) is 39.4. The van der Waals surface area contributed by atoms with E-state index in [4.69, 9.17) is 19.6 Å². The first-order valence-corrected chi connectivity index (χ1v) is 27.5. The molecule has 4 rings (SSSR count). The second-order valence-corrected chi connectivity index (χ2v) is 30.3. The minimum Gasteiger partial charge on any atom is -1.00 e. The van der Waals surface area contributed by atoms with E-state index in [0.717, 1.165) is 24.3 Å². The Hall–Kier alpha value is -0.606. The van der Waals surface area contributed by atoms with Gasteiger partial charge in [-0.2, -0.15) is 0 Å². The van der Waals surface area contributed by atoms with Crippen LogP contribution in [0.1, 0.15) is 54.4 Å². The molecule has 3 N–H and O–H groups in total. The molecule has 2 atom stereocenters. The lowest BCUT2D eigenvalue weighted by Gasteiger charge is -2.44. The maximum Gasteiger partial charge on any atom is 0.261 e. The van der Waals surface area contributed by atoms with Crippen molar-refractivity contribution in [1.29, 1.82) is 0 Å². The number of halogens is 3. The summed E-state index contributed by atoms with van der Waals surface area (Å²) in [5, 5.41) is 8.59. The van der Waals surface area contributed by atoms with E-state index in [1.807, 2.05) is 0 Å². The lowest BCUT2D eigenvalue weighted by Crippen LogP contribution is -3.00.